The average Bonchev–Trinajstić information content (AvgIpc) is 2.67. The van der Waals surface area contributed by atoms with E-state index in [0.717, 1.165) is 39.7 Å². The third kappa shape index (κ3) is 4.67. The maximum atomic E-state index is 11.5. The molecule has 0 fully saturated rings. The maximum absolute atomic E-state index is 11.5. The molecule has 7 heteroatoms. The first-order valence-electron chi connectivity index (χ1n) is 8.87. The molecule has 1 aromatic heterocycles. The number of fused-ring (bicyclic) bond motifs is 1. The summed E-state index contributed by atoms with van der Waals surface area (Å²) in [6.07, 6.45) is 2.89. The highest BCUT2D eigenvalue weighted by Gasteiger charge is 2.08. The fraction of sp³-hybridized carbons (Fsp3) is 0.0455. The number of pyridine rings is 1. The molecule has 0 atom stereocenters. The highest BCUT2D eigenvalue weighted by atomic mass is 35.5. The lowest BCUT2D eigenvalue weighted by Gasteiger charge is -2.12. The highest BCUT2D eigenvalue weighted by Crippen LogP contribution is 2.31. The lowest BCUT2D eigenvalue weighted by molar-refractivity contribution is 0.607. The van der Waals surface area contributed by atoms with Gasteiger partial charge in [-0.15, -0.1) is 0 Å². The minimum absolute atomic E-state index is 0.522. The van der Waals surface area contributed by atoms with Gasteiger partial charge in [0.1, 0.15) is 0 Å². The lowest BCUT2D eigenvalue weighted by atomic mass is 10.0. The average molecular weight is 424 g/mol. The number of nitrogens with one attached hydrogen (secondary N) is 2. The molecule has 0 aliphatic rings. The van der Waals surface area contributed by atoms with Crippen LogP contribution >= 0.6 is 11.6 Å². The van der Waals surface area contributed by atoms with Crippen molar-refractivity contribution in [2.24, 2.45) is 0 Å². The van der Waals surface area contributed by atoms with E-state index >= 15 is 0 Å². The summed E-state index contributed by atoms with van der Waals surface area (Å²) in [5.41, 5.74) is 5.02. The van der Waals surface area contributed by atoms with Gasteiger partial charge in [0.25, 0.3) is 0 Å². The Labute approximate surface area is 174 Å². The Bertz CT molecular complexity index is 1310. The minimum Gasteiger partial charge on any atom is -0.355 e. The van der Waals surface area contributed by atoms with Crippen molar-refractivity contribution in [2.75, 3.05) is 16.3 Å². The van der Waals surface area contributed by atoms with Crippen LogP contribution in [-0.2, 0) is 10.0 Å². The Morgan fingerprint density at radius 2 is 1.62 bits per heavy atom. The van der Waals surface area contributed by atoms with Crippen LogP contribution in [0.1, 0.15) is 0 Å². The van der Waals surface area contributed by atoms with E-state index in [9.17, 15) is 8.42 Å². The van der Waals surface area contributed by atoms with Gasteiger partial charge in [-0.3, -0.25) is 9.71 Å². The van der Waals surface area contributed by atoms with Gasteiger partial charge in [0.05, 0.1) is 11.8 Å². The van der Waals surface area contributed by atoms with Gasteiger partial charge in [-0.05, 0) is 59.7 Å². The number of sulfonamides is 1. The van der Waals surface area contributed by atoms with E-state index in [-0.39, 0.29) is 0 Å². The lowest BCUT2D eigenvalue weighted by Crippen LogP contribution is -2.09. The molecule has 4 aromatic rings. The van der Waals surface area contributed by atoms with Crippen LogP contribution in [0.15, 0.2) is 79.0 Å². The van der Waals surface area contributed by atoms with E-state index in [1.165, 1.54) is 0 Å². The summed E-state index contributed by atoms with van der Waals surface area (Å²) in [6.45, 7) is 0. The number of hydrogen-bond donors (Lipinski definition) is 2. The monoisotopic (exact) mass is 423 g/mol. The van der Waals surface area contributed by atoms with E-state index in [0.29, 0.717) is 10.7 Å². The second kappa shape index (κ2) is 7.73. The molecule has 0 unspecified atom stereocenters. The number of aromatic nitrogens is 1. The van der Waals surface area contributed by atoms with E-state index in [1.807, 2.05) is 66.7 Å². The van der Waals surface area contributed by atoms with Crippen LogP contribution in [0.2, 0.25) is 5.02 Å². The van der Waals surface area contributed by atoms with E-state index < -0.39 is 10.0 Å². The molecule has 0 spiro atoms. The van der Waals surface area contributed by atoms with E-state index in [1.54, 1.807) is 12.3 Å². The first-order chi connectivity index (χ1) is 13.9. The van der Waals surface area contributed by atoms with E-state index in [4.69, 9.17) is 11.6 Å². The molecular formula is C22H18ClN3O2S. The molecule has 3 aromatic carbocycles. The van der Waals surface area contributed by atoms with Crippen molar-refractivity contribution in [3.05, 3.63) is 84.0 Å². The smallest absolute Gasteiger partial charge is 0.229 e. The molecule has 0 saturated carbocycles. The van der Waals surface area contributed by atoms with Crippen molar-refractivity contribution < 1.29 is 8.42 Å². The zero-order valence-electron chi connectivity index (χ0n) is 15.6. The van der Waals surface area contributed by atoms with Crippen LogP contribution in [0.25, 0.3) is 22.0 Å². The summed E-state index contributed by atoms with van der Waals surface area (Å²) in [5, 5.41) is 5.00. The topological polar surface area (TPSA) is 71.1 Å². The van der Waals surface area contributed by atoms with Gasteiger partial charge in [-0.25, -0.2) is 8.42 Å². The van der Waals surface area contributed by atoms with Gasteiger partial charge in [0, 0.05) is 33.7 Å². The Morgan fingerprint density at radius 3 is 2.41 bits per heavy atom. The molecule has 0 radical (unpaired) electrons. The highest BCUT2D eigenvalue weighted by molar-refractivity contribution is 7.92. The number of rotatable bonds is 5. The number of benzene rings is 3. The third-order valence-corrected chi connectivity index (χ3v) is 5.19. The third-order valence-electron chi connectivity index (χ3n) is 4.34. The molecule has 0 aliphatic carbocycles. The van der Waals surface area contributed by atoms with Crippen LogP contribution in [0.4, 0.5) is 17.1 Å². The molecule has 0 saturated heterocycles. The van der Waals surface area contributed by atoms with Crippen LogP contribution in [-0.4, -0.2) is 19.7 Å². The summed E-state index contributed by atoms with van der Waals surface area (Å²) in [6, 6.07) is 22.7. The van der Waals surface area contributed by atoms with Crippen molar-refractivity contribution in [1.29, 1.82) is 0 Å². The summed E-state index contributed by atoms with van der Waals surface area (Å²) >= 11 is 6.09. The standard InChI is InChI=1S/C22H18ClN3O2S/c1-29(27,28)26-19-7-2-4-15(12-19)16-8-9-21-20(13-16)22(10-11-24-21)25-18-6-3-5-17(23)14-18/h2-14,26H,1H3,(H,24,25). The first-order valence-corrected chi connectivity index (χ1v) is 11.1. The fourth-order valence-electron chi connectivity index (χ4n) is 3.13. The van der Waals surface area contributed by atoms with Crippen LogP contribution < -0.4 is 10.0 Å². The quantitative estimate of drug-likeness (QED) is 0.433. The molecule has 2 N–H and O–H groups in total. The summed E-state index contributed by atoms with van der Waals surface area (Å²) in [7, 11) is -3.34. The number of nitrogens with zero attached hydrogens (tertiary/aromatic N) is 1. The van der Waals surface area contributed by atoms with Crippen LogP contribution in [0, 0.1) is 0 Å². The van der Waals surface area contributed by atoms with Gasteiger partial charge in [0.15, 0.2) is 0 Å². The SMILES string of the molecule is CS(=O)(=O)Nc1cccc(-c2ccc3nccc(Nc4cccc(Cl)c4)c3c2)c1. The molecule has 29 heavy (non-hydrogen) atoms. The first kappa shape index (κ1) is 19.2. The normalized spacial score (nSPS) is 11.4. The predicted molar refractivity (Wildman–Crippen MR) is 120 cm³/mol. The second-order valence-corrected chi connectivity index (χ2v) is 8.87. The number of anilines is 3. The van der Waals surface area contributed by atoms with Crippen molar-refractivity contribution in [2.45, 2.75) is 0 Å². The Balaban J connectivity index is 1.75. The van der Waals surface area contributed by atoms with Gasteiger partial charge >= 0.3 is 0 Å². The second-order valence-electron chi connectivity index (χ2n) is 6.68. The molecule has 146 valence electrons. The summed E-state index contributed by atoms with van der Waals surface area (Å²) in [4.78, 5) is 4.44. The van der Waals surface area contributed by atoms with Crippen molar-refractivity contribution in [3.8, 4) is 11.1 Å². The molecule has 0 amide bonds. The van der Waals surface area contributed by atoms with Crippen LogP contribution in [0.5, 0.6) is 0 Å². The molecule has 4 rings (SSSR count). The minimum atomic E-state index is -3.34. The number of hydrogen-bond acceptors (Lipinski definition) is 4. The molecule has 1 heterocycles. The Morgan fingerprint density at radius 1 is 0.862 bits per heavy atom. The van der Waals surface area contributed by atoms with Crippen molar-refractivity contribution in [3.63, 3.8) is 0 Å². The molecule has 0 bridgehead atoms. The van der Waals surface area contributed by atoms with Crippen LogP contribution in [0.3, 0.4) is 0 Å². The fourth-order valence-corrected chi connectivity index (χ4v) is 3.88. The van der Waals surface area contributed by atoms with Gasteiger partial charge in [-0.1, -0.05) is 35.9 Å². The summed E-state index contributed by atoms with van der Waals surface area (Å²) in [5.74, 6) is 0. The molecule has 5 nitrogen and oxygen atoms in total. The van der Waals surface area contributed by atoms with Gasteiger partial charge < -0.3 is 5.32 Å². The van der Waals surface area contributed by atoms with E-state index in [2.05, 4.69) is 15.0 Å². The maximum Gasteiger partial charge on any atom is 0.229 e. The van der Waals surface area contributed by atoms with Crippen molar-refractivity contribution in [1.82, 2.24) is 4.98 Å². The zero-order valence-corrected chi connectivity index (χ0v) is 17.1. The molecular weight excluding hydrogens is 406 g/mol. The number of halogens is 1. The zero-order chi connectivity index (χ0) is 20.4. The van der Waals surface area contributed by atoms with Crippen molar-refractivity contribution >= 4 is 49.6 Å². The predicted octanol–water partition coefficient (Wildman–Crippen LogP) is 5.67. The van der Waals surface area contributed by atoms with Gasteiger partial charge in [-0.2, -0.15) is 0 Å². The largest absolute Gasteiger partial charge is 0.355 e. The summed E-state index contributed by atoms with van der Waals surface area (Å²) < 4.78 is 25.6. The Kier molecular flexibility index (Phi) is 5.13. The van der Waals surface area contributed by atoms with Gasteiger partial charge in [0.2, 0.25) is 10.0 Å². The molecule has 0 aliphatic heterocycles. The Hall–Kier alpha value is -3.09.